The molecule has 1 aliphatic rings. The van der Waals surface area contributed by atoms with E-state index in [0.717, 1.165) is 18.7 Å². The fourth-order valence-electron chi connectivity index (χ4n) is 2.76. The van der Waals surface area contributed by atoms with E-state index in [-0.39, 0.29) is 24.3 Å². The number of anilines is 1. The molecule has 6 nitrogen and oxygen atoms in total. The van der Waals surface area contributed by atoms with Crippen molar-refractivity contribution in [3.05, 3.63) is 29.8 Å². The van der Waals surface area contributed by atoms with Gasteiger partial charge in [0.1, 0.15) is 0 Å². The third-order valence-corrected chi connectivity index (χ3v) is 3.98. The summed E-state index contributed by atoms with van der Waals surface area (Å²) in [4.78, 5) is 39.1. The molecule has 1 fully saturated rings. The second-order valence-corrected chi connectivity index (χ2v) is 6.55. The Hall–Kier alpha value is -2.37. The van der Waals surface area contributed by atoms with E-state index in [1.54, 1.807) is 41.1 Å². The number of carbonyl (C=O) groups excluding carboxylic acids is 3. The highest BCUT2D eigenvalue weighted by molar-refractivity contribution is 5.98. The molecule has 2 rings (SSSR count). The number of carbonyl (C=O) groups is 3. The van der Waals surface area contributed by atoms with E-state index in [0.29, 0.717) is 24.4 Å². The standard InChI is InChI=1S/C18H25N3O3/c1-13(2)12-20(3)17(23)11-19-18(24)14-6-8-15(9-7-14)21-10-4-5-16(21)22/h6-9,13H,4-5,10-12H2,1-3H3,(H,19,24). The number of likely N-dealkylation sites (N-methyl/N-ethyl adjacent to an activating group) is 1. The maximum absolute atomic E-state index is 12.1. The van der Waals surface area contributed by atoms with Crippen LogP contribution >= 0.6 is 0 Å². The number of rotatable bonds is 6. The van der Waals surface area contributed by atoms with Crippen molar-refractivity contribution < 1.29 is 14.4 Å². The monoisotopic (exact) mass is 331 g/mol. The van der Waals surface area contributed by atoms with Gasteiger partial charge in [-0.2, -0.15) is 0 Å². The van der Waals surface area contributed by atoms with Crippen LogP contribution in [0.1, 0.15) is 37.0 Å². The molecule has 24 heavy (non-hydrogen) atoms. The molecule has 0 radical (unpaired) electrons. The van der Waals surface area contributed by atoms with Gasteiger partial charge in [-0.1, -0.05) is 13.8 Å². The van der Waals surface area contributed by atoms with Gasteiger partial charge in [0.25, 0.3) is 5.91 Å². The van der Waals surface area contributed by atoms with Gasteiger partial charge in [0, 0.05) is 37.8 Å². The Labute approximate surface area is 142 Å². The molecule has 1 saturated heterocycles. The summed E-state index contributed by atoms with van der Waals surface area (Å²) in [6, 6.07) is 6.90. The van der Waals surface area contributed by atoms with Gasteiger partial charge in [-0.05, 0) is 36.6 Å². The van der Waals surface area contributed by atoms with Crippen LogP contribution in [0.2, 0.25) is 0 Å². The highest BCUT2D eigenvalue weighted by Gasteiger charge is 2.21. The van der Waals surface area contributed by atoms with Crippen molar-refractivity contribution in [2.24, 2.45) is 5.92 Å². The zero-order chi connectivity index (χ0) is 17.7. The Kier molecular flexibility index (Phi) is 5.95. The van der Waals surface area contributed by atoms with Crippen LogP contribution in [0.25, 0.3) is 0 Å². The van der Waals surface area contributed by atoms with Gasteiger partial charge < -0.3 is 15.1 Å². The van der Waals surface area contributed by atoms with Crippen LogP contribution < -0.4 is 10.2 Å². The number of nitrogens with zero attached hydrogens (tertiary/aromatic N) is 2. The Morgan fingerprint density at radius 1 is 1.25 bits per heavy atom. The molecule has 0 atom stereocenters. The summed E-state index contributed by atoms with van der Waals surface area (Å²) in [5.74, 6) is 0.0958. The first-order valence-electron chi connectivity index (χ1n) is 8.31. The van der Waals surface area contributed by atoms with Crippen LogP contribution in [0.5, 0.6) is 0 Å². The second kappa shape index (κ2) is 7.95. The van der Waals surface area contributed by atoms with Gasteiger partial charge in [-0.3, -0.25) is 14.4 Å². The van der Waals surface area contributed by atoms with Crippen LogP contribution in [0, 0.1) is 5.92 Å². The van der Waals surface area contributed by atoms with Gasteiger partial charge in [0.15, 0.2) is 0 Å². The summed E-state index contributed by atoms with van der Waals surface area (Å²) in [5, 5.41) is 2.64. The summed E-state index contributed by atoms with van der Waals surface area (Å²) in [5.41, 5.74) is 1.28. The number of nitrogens with one attached hydrogen (secondary N) is 1. The minimum Gasteiger partial charge on any atom is -0.344 e. The molecule has 130 valence electrons. The summed E-state index contributed by atoms with van der Waals surface area (Å²) in [6.07, 6.45) is 1.45. The predicted molar refractivity (Wildman–Crippen MR) is 92.8 cm³/mol. The van der Waals surface area contributed by atoms with Crippen molar-refractivity contribution in [1.29, 1.82) is 0 Å². The molecule has 0 aliphatic carbocycles. The average Bonchev–Trinajstić information content (AvgIpc) is 2.97. The lowest BCUT2D eigenvalue weighted by molar-refractivity contribution is -0.129. The first-order valence-corrected chi connectivity index (χ1v) is 8.31. The molecule has 1 aromatic rings. The molecule has 1 aliphatic heterocycles. The maximum Gasteiger partial charge on any atom is 0.251 e. The zero-order valence-corrected chi connectivity index (χ0v) is 14.5. The molecule has 0 saturated carbocycles. The predicted octanol–water partition coefficient (Wildman–Crippen LogP) is 1.66. The van der Waals surface area contributed by atoms with E-state index >= 15 is 0 Å². The van der Waals surface area contributed by atoms with E-state index in [9.17, 15) is 14.4 Å². The van der Waals surface area contributed by atoms with Crippen molar-refractivity contribution in [1.82, 2.24) is 10.2 Å². The highest BCUT2D eigenvalue weighted by Crippen LogP contribution is 2.21. The number of hydrogen-bond donors (Lipinski definition) is 1. The van der Waals surface area contributed by atoms with Crippen molar-refractivity contribution in [2.75, 3.05) is 31.6 Å². The summed E-state index contributed by atoms with van der Waals surface area (Å²) >= 11 is 0. The number of hydrogen-bond acceptors (Lipinski definition) is 3. The fourth-order valence-corrected chi connectivity index (χ4v) is 2.76. The molecule has 0 unspecified atom stereocenters. The number of amides is 3. The average molecular weight is 331 g/mol. The summed E-state index contributed by atoms with van der Waals surface area (Å²) in [7, 11) is 1.73. The third kappa shape index (κ3) is 4.57. The fraction of sp³-hybridized carbons (Fsp3) is 0.500. The van der Waals surface area contributed by atoms with Gasteiger partial charge in [0.05, 0.1) is 6.54 Å². The van der Waals surface area contributed by atoms with E-state index in [2.05, 4.69) is 5.32 Å². The zero-order valence-electron chi connectivity index (χ0n) is 14.5. The van der Waals surface area contributed by atoms with Crippen molar-refractivity contribution in [2.45, 2.75) is 26.7 Å². The van der Waals surface area contributed by atoms with Crippen molar-refractivity contribution in [3.8, 4) is 0 Å². The van der Waals surface area contributed by atoms with Gasteiger partial charge in [0.2, 0.25) is 11.8 Å². The molecular weight excluding hydrogens is 306 g/mol. The lowest BCUT2D eigenvalue weighted by Gasteiger charge is -2.19. The lowest BCUT2D eigenvalue weighted by Crippen LogP contribution is -2.39. The van der Waals surface area contributed by atoms with Crippen LogP contribution in [0.15, 0.2) is 24.3 Å². The maximum atomic E-state index is 12.1. The number of benzene rings is 1. The summed E-state index contributed by atoms with van der Waals surface area (Å²) in [6.45, 7) is 5.44. The highest BCUT2D eigenvalue weighted by atomic mass is 16.2. The second-order valence-electron chi connectivity index (χ2n) is 6.55. The van der Waals surface area contributed by atoms with Gasteiger partial charge >= 0.3 is 0 Å². The van der Waals surface area contributed by atoms with Crippen LogP contribution in [0.4, 0.5) is 5.69 Å². The van der Waals surface area contributed by atoms with E-state index in [1.807, 2.05) is 13.8 Å². The molecule has 1 heterocycles. The Morgan fingerprint density at radius 2 is 1.92 bits per heavy atom. The molecule has 0 spiro atoms. The Bertz CT molecular complexity index is 610. The molecular formula is C18H25N3O3. The van der Waals surface area contributed by atoms with E-state index in [1.165, 1.54) is 0 Å². The first-order chi connectivity index (χ1) is 11.4. The van der Waals surface area contributed by atoms with Crippen molar-refractivity contribution in [3.63, 3.8) is 0 Å². The van der Waals surface area contributed by atoms with E-state index in [4.69, 9.17) is 0 Å². The first kappa shape index (κ1) is 18.0. The van der Waals surface area contributed by atoms with Crippen LogP contribution in [-0.4, -0.2) is 49.3 Å². The molecule has 6 heteroatoms. The van der Waals surface area contributed by atoms with E-state index < -0.39 is 0 Å². The topological polar surface area (TPSA) is 69.7 Å². The lowest BCUT2D eigenvalue weighted by atomic mass is 10.2. The minimum absolute atomic E-state index is 0.0194. The normalized spacial score (nSPS) is 14.2. The van der Waals surface area contributed by atoms with Gasteiger partial charge in [-0.25, -0.2) is 0 Å². The minimum atomic E-state index is -0.291. The molecule has 1 aromatic carbocycles. The van der Waals surface area contributed by atoms with Crippen LogP contribution in [0.3, 0.4) is 0 Å². The third-order valence-electron chi connectivity index (χ3n) is 3.98. The SMILES string of the molecule is CC(C)CN(C)C(=O)CNC(=O)c1ccc(N2CCCC2=O)cc1. The van der Waals surface area contributed by atoms with Crippen LogP contribution in [-0.2, 0) is 9.59 Å². The largest absolute Gasteiger partial charge is 0.344 e. The Balaban J connectivity index is 1.88. The quantitative estimate of drug-likeness (QED) is 0.862. The molecule has 0 aromatic heterocycles. The summed E-state index contributed by atoms with van der Waals surface area (Å²) < 4.78 is 0. The molecule has 0 bridgehead atoms. The molecule has 1 N–H and O–H groups in total. The van der Waals surface area contributed by atoms with Gasteiger partial charge in [-0.15, -0.1) is 0 Å². The smallest absolute Gasteiger partial charge is 0.251 e. The van der Waals surface area contributed by atoms with Crippen molar-refractivity contribution >= 4 is 23.4 Å². The Morgan fingerprint density at radius 3 is 2.46 bits per heavy atom. The molecule has 3 amide bonds.